The van der Waals surface area contributed by atoms with Gasteiger partial charge in [0.15, 0.2) is 0 Å². The molecule has 0 spiro atoms. The zero-order chi connectivity index (χ0) is 14.4. The minimum absolute atomic E-state index is 0.0579. The molecule has 0 saturated heterocycles. The number of rotatable bonds is 7. The van der Waals surface area contributed by atoms with E-state index in [4.69, 9.17) is 4.74 Å². The van der Waals surface area contributed by atoms with Crippen LogP contribution in [0.1, 0.15) is 31.2 Å². The van der Waals surface area contributed by atoms with Crippen LogP contribution in [0.5, 0.6) is 0 Å². The van der Waals surface area contributed by atoms with Crippen molar-refractivity contribution in [3.63, 3.8) is 0 Å². The van der Waals surface area contributed by atoms with E-state index in [1.54, 1.807) is 7.11 Å². The third-order valence-electron chi connectivity index (χ3n) is 4.22. The molecule has 0 bridgehead atoms. The molecule has 0 aromatic heterocycles. The fourth-order valence-corrected chi connectivity index (χ4v) is 3.15. The Labute approximate surface area is 119 Å². The quantitative estimate of drug-likeness (QED) is 0.775. The summed E-state index contributed by atoms with van der Waals surface area (Å²) in [5, 5.41) is 3.38. The minimum atomic E-state index is -0.359. The van der Waals surface area contributed by atoms with Crippen LogP contribution in [0.2, 0.25) is 0 Å². The first-order chi connectivity index (χ1) is 9.65. The summed E-state index contributed by atoms with van der Waals surface area (Å²) in [7, 11) is 1.68. The Morgan fingerprint density at radius 1 is 1.25 bits per heavy atom. The van der Waals surface area contributed by atoms with Crippen molar-refractivity contribution in [2.45, 2.75) is 32.1 Å². The highest BCUT2D eigenvalue weighted by Gasteiger charge is 2.34. The Bertz CT molecular complexity index is 430. The summed E-state index contributed by atoms with van der Waals surface area (Å²) in [6.45, 7) is 2.31. The van der Waals surface area contributed by atoms with Crippen molar-refractivity contribution in [3.05, 3.63) is 35.4 Å². The Morgan fingerprint density at radius 3 is 2.70 bits per heavy atom. The summed E-state index contributed by atoms with van der Waals surface area (Å²) in [4.78, 5) is 0. The van der Waals surface area contributed by atoms with Gasteiger partial charge in [-0.1, -0.05) is 12.8 Å². The van der Waals surface area contributed by atoms with Gasteiger partial charge in [-0.3, -0.25) is 0 Å². The highest BCUT2D eigenvalue weighted by Crippen LogP contribution is 2.40. The fraction of sp³-hybridized carbons (Fsp3) is 0.625. The fourth-order valence-electron chi connectivity index (χ4n) is 3.15. The van der Waals surface area contributed by atoms with Crippen LogP contribution in [-0.4, -0.2) is 26.8 Å². The van der Waals surface area contributed by atoms with Gasteiger partial charge in [-0.2, -0.15) is 0 Å². The normalized spacial score (nSPS) is 17.6. The van der Waals surface area contributed by atoms with Crippen LogP contribution in [0.15, 0.2) is 18.2 Å². The number of halogens is 2. The van der Waals surface area contributed by atoms with Crippen LogP contribution in [0.4, 0.5) is 8.78 Å². The largest absolute Gasteiger partial charge is 0.383 e. The number of nitrogens with one attached hydrogen (secondary N) is 1. The molecule has 1 fully saturated rings. The number of hydrogen-bond donors (Lipinski definition) is 1. The second kappa shape index (κ2) is 7.14. The molecule has 112 valence electrons. The van der Waals surface area contributed by atoms with Crippen LogP contribution in [0.3, 0.4) is 0 Å². The Kier molecular flexibility index (Phi) is 5.49. The smallest absolute Gasteiger partial charge is 0.126 e. The minimum Gasteiger partial charge on any atom is -0.383 e. The molecule has 0 radical (unpaired) electrons. The van der Waals surface area contributed by atoms with Crippen LogP contribution >= 0.6 is 0 Å². The average molecular weight is 283 g/mol. The summed E-state index contributed by atoms with van der Waals surface area (Å²) < 4.78 is 32.1. The predicted octanol–water partition coefficient (Wildman–Crippen LogP) is 3.30. The summed E-state index contributed by atoms with van der Waals surface area (Å²) in [6, 6.07) is 3.74. The molecule has 4 heteroatoms. The maximum Gasteiger partial charge on any atom is 0.126 e. The highest BCUT2D eigenvalue weighted by atomic mass is 19.1. The Morgan fingerprint density at radius 2 is 2.00 bits per heavy atom. The molecule has 20 heavy (non-hydrogen) atoms. The summed E-state index contributed by atoms with van der Waals surface area (Å²) >= 11 is 0. The van der Waals surface area contributed by atoms with Crippen LogP contribution in [0, 0.1) is 17.0 Å². The molecule has 1 aromatic carbocycles. The molecule has 1 saturated carbocycles. The van der Waals surface area contributed by atoms with Crippen LogP contribution in [0.25, 0.3) is 0 Å². The number of hydrogen-bond acceptors (Lipinski definition) is 2. The van der Waals surface area contributed by atoms with Crippen molar-refractivity contribution in [1.82, 2.24) is 5.32 Å². The molecule has 0 atom stereocenters. The average Bonchev–Trinajstić information content (AvgIpc) is 2.88. The van der Waals surface area contributed by atoms with Crippen molar-refractivity contribution >= 4 is 0 Å². The van der Waals surface area contributed by atoms with E-state index in [0.29, 0.717) is 18.6 Å². The second-order valence-electron chi connectivity index (χ2n) is 5.79. The summed E-state index contributed by atoms with van der Waals surface area (Å²) in [5.74, 6) is -0.656. The molecular weight excluding hydrogens is 260 g/mol. The first-order valence-electron chi connectivity index (χ1n) is 7.29. The highest BCUT2D eigenvalue weighted by molar-refractivity contribution is 5.21. The monoisotopic (exact) mass is 283 g/mol. The van der Waals surface area contributed by atoms with Gasteiger partial charge in [0.2, 0.25) is 0 Å². The summed E-state index contributed by atoms with van der Waals surface area (Å²) in [5.41, 5.74) is 0.558. The van der Waals surface area contributed by atoms with Crippen molar-refractivity contribution in [2.75, 3.05) is 26.8 Å². The molecule has 0 amide bonds. The zero-order valence-corrected chi connectivity index (χ0v) is 12.1. The van der Waals surface area contributed by atoms with Gasteiger partial charge in [-0.15, -0.1) is 0 Å². The van der Waals surface area contributed by atoms with Gasteiger partial charge in [-0.25, -0.2) is 8.78 Å². The lowest BCUT2D eigenvalue weighted by molar-refractivity contribution is 0.189. The maximum absolute atomic E-state index is 13.8. The second-order valence-corrected chi connectivity index (χ2v) is 5.79. The Hall–Kier alpha value is -1.00. The number of methoxy groups -OCH3 is 1. The molecule has 2 rings (SSSR count). The van der Waals surface area contributed by atoms with E-state index in [9.17, 15) is 8.78 Å². The van der Waals surface area contributed by atoms with Crippen LogP contribution in [-0.2, 0) is 11.2 Å². The topological polar surface area (TPSA) is 21.3 Å². The molecular formula is C16H23F2NO. The standard InChI is InChI=1S/C16H23F2NO/c1-20-9-8-19-12-16(6-2-3-7-16)11-13-10-14(17)4-5-15(13)18/h4-5,10,19H,2-3,6-9,11-12H2,1H3. The third-order valence-corrected chi connectivity index (χ3v) is 4.22. The molecule has 0 heterocycles. The van der Waals surface area contributed by atoms with E-state index in [2.05, 4.69) is 5.32 Å². The number of benzene rings is 1. The molecule has 1 aliphatic carbocycles. The zero-order valence-electron chi connectivity index (χ0n) is 12.1. The molecule has 0 unspecified atom stereocenters. The lowest BCUT2D eigenvalue weighted by Crippen LogP contribution is -2.35. The van der Waals surface area contributed by atoms with E-state index in [0.717, 1.165) is 25.9 Å². The first kappa shape index (κ1) is 15.4. The first-order valence-corrected chi connectivity index (χ1v) is 7.29. The van der Waals surface area contributed by atoms with Gasteiger partial charge in [-0.05, 0) is 48.4 Å². The van der Waals surface area contributed by atoms with E-state index >= 15 is 0 Å². The molecule has 2 nitrogen and oxygen atoms in total. The van der Waals surface area contributed by atoms with Gasteiger partial charge >= 0.3 is 0 Å². The van der Waals surface area contributed by atoms with Crippen molar-refractivity contribution < 1.29 is 13.5 Å². The number of ether oxygens (including phenoxy) is 1. The lowest BCUT2D eigenvalue weighted by Gasteiger charge is -2.30. The van der Waals surface area contributed by atoms with E-state index < -0.39 is 0 Å². The molecule has 1 N–H and O–H groups in total. The molecule has 0 aliphatic heterocycles. The van der Waals surface area contributed by atoms with Gasteiger partial charge in [0, 0.05) is 20.2 Å². The van der Waals surface area contributed by atoms with Crippen molar-refractivity contribution in [2.24, 2.45) is 5.41 Å². The summed E-state index contributed by atoms with van der Waals surface area (Å²) in [6.07, 6.45) is 5.09. The lowest BCUT2D eigenvalue weighted by atomic mass is 9.79. The van der Waals surface area contributed by atoms with Gasteiger partial charge in [0.1, 0.15) is 11.6 Å². The molecule has 1 aromatic rings. The van der Waals surface area contributed by atoms with E-state index in [1.165, 1.54) is 31.0 Å². The molecule has 1 aliphatic rings. The van der Waals surface area contributed by atoms with Gasteiger partial charge in [0.05, 0.1) is 6.61 Å². The van der Waals surface area contributed by atoms with Gasteiger partial charge < -0.3 is 10.1 Å². The SMILES string of the molecule is COCCNCC1(Cc2cc(F)ccc2F)CCCC1. The maximum atomic E-state index is 13.8. The van der Waals surface area contributed by atoms with Crippen LogP contribution < -0.4 is 5.32 Å². The van der Waals surface area contributed by atoms with Gasteiger partial charge in [0.25, 0.3) is 0 Å². The third kappa shape index (κ3) is 4.00. The Balaban J connectivity index is 2.02. The van der Waals surface area contributed by atoms with Crippen molar-refractivity contribution in [3.8, 4) is 0 Å². The van der Waals surface area contributed by atoms with Crippen molar-refractivity contribution in [1.29, 1.82) is 0 Å². The van der Waals surface area contributed by atoms with E-state index in [1.807, 2.05) is 0 Å². The predicted molar refractivity (Wildman–Crippen MR) is 75.7 cm³/mol. The van der Waals surface area contributed by atoms with E-state index in [-0.39, 0.29) is 17.0 Å².